The van der Waals surface area contributed by atoms with E-state index in [-0.39, 0.29) is 25.7 Å². The minimum atomic E-state index is -4.96. The number of rotatable bonds is 78. The lowest BCUT2D eigenvalue weighted by Gasteiger charge is -2.21. The summed E-state index contributed by atoms with van der Waals surface area (Å²) in [5, 5.41) is 10.6. The first-order chi connectivity index (χ1) is 47.7. The molecule has 0 bridgehead atoms. The lowest BCUT2D eigenvalue weighted by molar-refractivity contribution is -0.161. The van der Waals surface area contributed by atoms with Crippen LogP contribution in [-0.4, -0.2) is 96.7 Å². The number of allylic oxidation sites excluding steroid dienone is 4. The van der Waals surface area contributed by atoms with Crippen molar-refractivity contribution in [2.45, 2.75) is 418 Å². The van der Waals surface area contributed by atoms with Crippen LogP contribution in [-0.2, 0) is 65.4 Å². The van der Waals surface area contributed by atoms with E-state index in [1.807, 2.05) is 0 Å². The third-order valence-electron chi connectivity index (χ3n) is 17.9. The summed E-state index contributed by atoms with van der Waals surface area (Å²) in [5.41, 5.74) is 0. The van der Waals surface area contributed by atoms with E-state index in [9.17, 15) is 43.2 Å². The van der Waals surface area contributed by atoms with Crippen LogP contribution >= 0.6 is 15.6 Å². The first-order valence-corrected chi connectivity index (χ1v) is 43.6. The van der Waals surface area contributed by atoms with Gasteiger partial charge < -0.3 is 33.8 Å². The molecule has 0 spiro atoms. The van der Waals surface area contributed by atoms with Gasteiger partial charge in [0.25, 0.3) is 0 Å². The van der Waals surface area contributed by atoms with Crippen molar-refractivity contribution in [1.82, 2.24) is 0 Å². The van der Waals surface area contributed by atoms with Crippen molar-refractivity contribution in [2.24, 2.45) is 0 Å². The fourth-order valence-corrected chi connectivity index (χ4v) is 13.3. The molecule has 0 aromatic heterocycles. The molecule has 0 saturated carbocycles. The van der Waals surface area contributed by atoms with Crippen LogP contribution in [0.25, 0.3) is 0 Å². The molecular formula is C79H150O17P2. The van der Waals surface area contributed by atoms with Crippen LogP contribution in [0.5, 0.6) is 0 Å². The summed E-state index contributed by atoms with van der Waals surface area (Å²) in [7, 11) is -9.93. The molecule has 0 aromatic carbocycles. The quantitative estimate of drug-likeness (QED) is 0.0169. The highest BCUT2D eigenvalue weighted by molar-refractivity contribution is 7.47. The van der Waals surface area contributed by atoms with E-state index in [4.69, 9.17) is 37.0 Å². The Balaban J connectivity index is 5.29. The number of esters is 4. The number of carbonyl (C=O) groups is 4. The van der Waals surface area contributed by atoms with Crippen LogP contribution in [0.2, 0.25) is 0 Å². The maximum atomic E-state index is 13.1. The molecule has 19 heteroatoms. The van der Waals surface area contributed by atoms with Crippen molar-refractivity contribution >= 4 is 39.5 Å². The number of aliphatic hydroxyl groups excluding tert-OH is 1. The lowest BCUT2D eigenvalue weighted by Crippen LogP contribution is -2.30. The van der Waals surface area contributed by atoms with Gasteiger partial charge in [-0.15, -0.1) is 0 Å². The number of phosphoric ester groups is 2. The fraction of sp³-hybridized carbons (Fsp3) is 0.899. The Bertz CT molecular complexity index is 1950. The molecule has 0 amide bonds. The van der Waals surface area contributed by atoms with Gasteiger partial charge in [-0.1, -0.05) is 341 Å². The van der Waals surface area contributed by atoms with E-state index in [2.05, 4.69) is 52.0 Å². The average molecular weight is 1430 g/mol. The third-order valence-corrected chi connectivity index (χ3v) is 19.9. The first-order valence-electron chi connectivity index (χ1n) is 40.6. The minimum absolute atomic E-state index is 0.102. The molecule has 0 heterocycles. The molecule has 3 N–H and O–H groups in total. The normalized spacial score (nSPS) is 14.0. The highest BCUT2D eigenvalue weighted by atomic mass is 31.2. The molecule has 0 aliphatic heterocycles. The summed E-state index contributed by atoms with van der Waals surface area (Å²) in [6.45, 7) is 4.95. The summed E-state index contributed by atoms with van der Waals surface area (Å²) in [5.74, 6) is -2.13. The van der Waals surface area contributed by atoms with Crippen LogP contribution in [0.15, 0.2) is 24.3 Å². The predicted molar refractivity (Wildman–Crippen MR) is 400 cm³/mol. The number of unbranched alkanes of at least 4 members (excludes halogenated alkanes) is 48. The van der Waals surface area contributed by atoms with Gasteiger partial charge in [0.1, 0.15) is 19.3 Å². The SMILES string of the molecule is CCCCC/C=C\C/C=C\CCCCCCCC(=O)OC[C@H](COP(=O)(O)OC[C@H](O)COP(=O)(O)OC[C@@H](COC(=O)CCCCCCCCCCCCCCCCC)OC(=O)CCCCCCCCCCCCCCCCC)OC(=O)CCCCCCCCCCCCCCC. The molecule has 2 unspecified atom stereocenters. The fourth-order valence-electron chi connectivity index (χ4n) is 11.7. The molecule has 0 aromatic rings. The molecule has 5 atom stereocenters. The van der Waals surface area contributed by atoms with Crippen molar-refractivity contribution < 1.29 is 80.2 Å². The number of ether oxygens (including phenoxy) is 4. The van der Waals surface area contributed by atoms with Crippen molar-refractivity contribution in [3.8, 4) is 0 Å². The zero-order chi connectivity index (χ0) is 71.8. The maximum absolute atomic E-state index is 13.1. The van der Waals surface area contributed by atoms with E-state index in [0.717, 1.165) is 116 Å². The van der Waals surface area contributed by atoms with Crippen LogP contribution < -0.4 is 0 Å². The monoisotopic (exact) mass is 1430 g/mol. The second-order valence-corrected chi connectivity index (χ2v) is 30.6. The highest BCUT2D eigenvalue weighted by Crippen LogP contribution is 2.45. The standard InChI is InChI=1S/C79H150O17P2/c1-5-9-13-17-21-25-29-33-36-40-43-47-51-55-59-63-76(81)89-69-74(95-78(83)65-61-57-53-49-45-39-32-28-24-20-16-12-8-4)71-93-97(85,86)91-67-73(80)68-92-98(87,88)94-72-75(96-79(84)66-62-58-54-50-46-42-38-35-31-27-23-19-15-11-7-3)70-90-77(82)64-60-56-52-48-44-41-37-34-30-26-22-18-14-10-6-2/h21,25,33,36,73-75,80H,5-20,22-24,26-32,34-35,37-72H2,1-4H3,(H,85,86)(H,87,88)/b25-21-,36-33-/t73-,74+,75+/m0/s1. The van der Waals surface area contributed by atoms with E-state index in [1.54, 1.807) is 0 Å². The van der Waals surface area contributed by atoms with Crippen LogP contribution in [0, 0.1) is 0 Å². The van der Waals surface area contributed by atoms with Crippen molar-refractivity contribution in [2.75, 3.05) is 39.6 Å². The number of aliphatic hydroxyl groups is 1. The summed E-state index contributed by atoms with van der Waals surface area (Å²) >= 11 is 0. The van der Waals surface area contributed by atoms with E-state index >= 15 is 0 Å². The van der Waals surface area contributed by atoms with E-state index in [0.29, 0.717) is 25.7 Å². The highest BCUT2D eigenvalue weighted by Gasteiger charge is 2.30. The predicted octanol–water partition coefficient (Wildman–Crippen LogP) is 23.3. The molecular weight excluding hydrogens is 1280 g/mol. The second-order valence-electron chi connectivity index (χ2n) is 27.7. The third kappa shape index (κ3) is 71.9. The number of hydrogen-bond acceptors (Lipinski definition) is 15. The molecule has 98 heavy (non-hydrogen) atoms. The minimum Gasteiger partial charge on any atom is -0.462 e. The van der Waals surface area contributed by atoms with Gasteiger partial charge in [0, 0.05) is 25.7 Å². The lowest BCUT2D eigenvalue weighted by atomic mass is 10.0. The molecule has 17 nitrogen and oxygen atoms in total. The van der Waals surface area contributed by atoms with Crippen LogP contribution in [0.1, 0.15) is 400 Å². The molecule has 0 fully saturated rings. The number of carbonyl (C=O) groups excluding carboxylic acids is 4. The molecule has 0 aliphatic carbocycles. The summed E-state index contributed by atoms with van der Waals surface area (Å²) < 4.78 is 68.6. The van der Waals surface area contributed by atoms with Crippen molar-refractivity contribution in [3.05, 3.63) is 24.3 Å². The van der Waals surface area contributed by atoms with E-state index < -0.39 is 97.5 Å². The van der Waals surface area contributed by atoms with Crippen LogP contribution in [0.3, 0.4) is 0 Å². The smallest absolute Gasteiger partial charge is 0.462 e. The first kappa shape index (κ1) is 95.5. The number of phosphoric acid groups is 2. The largest absolute Gasteiger partial charge is 0.472 e. The Kier molecular flexibility index (Phi) is 71.0. The Hall–Kier alpha value is -2.46. The van der Waals surface area contributed by atoms with Gasteiger partial charge in [0.05, 0.1) is 26.4 Å². The molecule has 0 aliphatic rings. The second kappa shape index (κ2) is 72.9. The Morgan fingerprint density at radius 1 is 0.286 bits per heavy atom. The summed E-state index contributed by atoms with van der Waals surface area (Å²) in [6.07, 6.45) is 67.2. The van der Waals surface area contributed by atoms with Gasteiger partial charge in [0.15, 0.2) is 12.2 Å². The van der Waals surface area contributed by atoms with Gasteiger partial charge in [0.2, 0.25) is 0 Å². The molecule has 0 saturated heterocycles. The van der Waals surface area contributed by atoms with Crippen molar-refractivity contribution in [1.29, 1.82) is 0 Å². The molecule has 578 valence electrons. The topological polar surface area (TPSA) is 237 Å². The van der Waals surface area contributed by atoms with Crippen LogP contribution in [0.4, 0.5) is 0 Å². The zero-order valence-corrected chi connectivity index (χ0v) is 65.0. The van der Waals surface area contributed by atoms with Gasteiger partial charge in [-0.2, -0.15) is 0 Å². The van der Waals surface area contributed by atoms with Gasteiger partial charge in [-0.05, 0) is 57.8 Å². The maximum Gasteiger partial charge on any atom is 0.472 e. The zero-order valence-electron chi connectivity index (χ0n) is 63.2. The van der Waals surface area contributed by atoms with Crippen molar-refractivity contribution in [3.63, 3.8) is 0 Å². The van der Waals surface area contributed by atoms with E-state index in [1.165, 1.54) is 205 Å². The van der Waals surface area contributed by atoms with Gasteiger partial charge in [-0.25, -0.2) is 9.13 Å². The molecule has 0 rings (SSSR count). The van der Waals surface area contributed by atoms with Gasteiger partial charge in [-0.3, -0.25) is 37.3 Å². The molecule has 0 radical (unpaired) electrons. The Morgan fingerprint density at radius 3 is 0.776 bits per heavy atom. The Morgan fingerprint density at radius 2 is 0.500 bits per heavy atom. The van der Waals surface area contributed by atoms with Gasteiger partial charge >= 0.3 is 39.5 Å². The summed E-state index contributed by atoms with van der Waals surface area (Å²) in [4.78, 5) is 73.0. The average Bonchev–Trinajstić information content (AvgIpc) is 0.959. The Labute approximate surface area is 599 Å². The number of hydrogen-bond donors (Lipinski definition) is 3. The summed E-state index contributed by atoms with van der Waals surface area (Å²) in [6, 6.07) is 0.